The number of benzene rings is 1. The lowest BCUT2D eigenvalue weighted by molar-refractivity contribution is -0.130. The molecule has 0 bridgehead atoms. The quantitative estimate of drug-likeness (QED) is 0.356. The Labute approximate surface area is 199 Å². The summed E-state index contributed by atoms with van der Waals surface area (Å²) in [6.07, 6.45) is 3.78. The van der Waals surface area contributed by atoms with Gasteiger partial charge in [-0.05, 0) is 42.8 Å². The molecule has 4 heterocycles. The summed E-state index contributed by atoms with van der Waals surface area (Å²) >= 11 is 7.34. The number of halogens is 1. The molecule has 1 atom stereocenters. The molecule has 0 N–H and O–H groups in total. The molecule has 168 valence electrons. The van der Waals surface area contributed by atoms with Gasteiger partial charge < -0.3 is 13.4 Å². The minimum Gasteiger partial charge on any atom is -0.469 e. The van der Waals surface area contributed by atoms with Crippen LogP contribution in [0.1, 0.15) is 29.5 Å². The topological polar surface area (TPSA) is 89.7 Å². The highest BCUT2D eigenvalue weighted by atomic mass is 35.5. The summed E-state index contributed by atoms with van der Waals surface area (Å²) in [6, 6.07) is 12.7. The second kappa shape index (κ2) is 8.92. The molecule has 1 aliphatic heterocycles. The third-order valence-electron chi connectivity index (χ3n) is 5.47. The van der Waals surface area contributed by atoms with Crippen LogP contribution in [0.3, 0.4) is 0 Å². The smallest absolute Gasteiger partial charge is 0.253 e. The molecule has 10 heteroatoms. The number of furan rings is 2. The van der Waals surface area contributed by atoms with Crippen molar-refractivity contribution in [2.75, 3.05) is 5.75 Å². The standard InChI is InChI=1S/C23H20ClN5O3S/c1-14-17(9-11-31-14)22-25-26-23(28(22)2)33-13-21(30)29-19(20-4-3-10-32-20)12-18(27-29)15-5-7-16(24)8-6-15/h3-11,19H,12-13H2,1-2H3/t19-/m1/s1. The van der Waals surface area contributed by atoms with Gasteiger partial charge in [0.15, 0.2) is 11.0 Å². The van der Waals surface area contributed by atoms with Crippen LogP contribution in [0.4, 0.5) is 0 Å². The maximum Gasteiger partial charge on any atom is 0.253 e. The van der Waals surface area contributed by atoms with Crippen LogP contribution >= 0.6 is 23.4 Å². The molecule has 0 saturated heterocycles. The van der Waals surface area contributed by atoms with Gasteiger partial charge in [0.25, 0.3) is 5.91 Å². The van der Waals surface area contributed by atoms with Crippen LogP contribution in [0.15, 0.2) is 74.1 Å². The highest BCUT2D eigenvalue weighted by Gasteiger charge is 2.35. The molecule has 33 heavy (non-hydrogen) atoms. The van der Waals surface area contributed by atoms with E-state index in [0.717, 1.165) is 22.6 Å². The van der Waals surface area contributed by atoms with Crippen LogP contribution in [-0.2, 0) is 11.8 Å². The fraction of sp³-hybridized carbons (Fsp3) is 0.217. The van der Waals surface area contributed by atoms with Crippen LogP contribution < -0.4 is 0 Å². The van der Waals surface area contributed by atoms with Gasteiger partial charge in [0.1, 0.15) is 17.6 Å². The zero-order chi connectivity index (χ0) is 22.9. The molecule has 1 aliphatic rings. The minimum atomic E-state index is -0.303. The number of amides is 1. The number of nitrogens with zero attached hydrogens (tertiary/aromatic N) is 5. The molecule has 0 unspecified atom stereocenters. The Hall–Kier alpha value is -3.30. The Morgan fingerprint density at radius 2 is 1.97 bits per heavy atom. The van der Waals surface area contributed by atoms with Gasteiger partial charge in [0.05, 0.1) is 29.6 Å². The summed E-state index contributed by atoms with van der Waals surface area (Å²) < 4.78 is 12.8. The molecule has 3 aromatic heterocycles. The van der Waals surface area contributed by atoms with Crippen molar-refractivity contribution in [2.45, 2.75) is 24.5 Å². The fourth-order valence-corrected chi connectivity index (χ4v) is 4.63. The van der Waals surface area contributed by atoms with Gasteiger partial charge in [-0.25, -0.2) is 5.01 Å². The van der Waals surface area contributed by atoms with Crippen molar-refractivity contribution in [3.05, 3.63) is 77.1 Å². The SMILES string of the molecule is Cc1occc1-c1nnc(SCC(=O)N2N=C(c3ccc(Cl)cc3)C[C@@H]2c2ccco2)n1C. The van der Waals surface area contributed by atoms with Gasteiger partial charge >= 0.3 is 0 Å². The molecular formula is C23H20ClN5O3S. The number of thioether (sulfide) groups is 1. The van der Waals surface area contributed by atoms with Gasteiger partial charge in [-0.1, -0.05) is 35.5 Å². The van der Waals surface area contributed by atoms with Crippen molar-refractivity contribution in [3.63, 3.8) is 0 Å². The number of aromatic nitrogens is 3. The lowest BCUT2D eigenvalue weighted by atomic mass is 10.0. The predicted molar refractivity (Wildman–Crippen MR) is 125 cm³/mol. The Morgan fingerprint density at radius 1 is 1.15 bits per heavy atom. The lowest BCUT2D eigenvalue weighted by Crippen LogP contribution is -2.28. The van der Waals surface area contributed by atoms with E-state index in [1.54, 1.807) is 12.5 Å². The van der Waals surface area contributed by atoms with Crippen molar-refractivity contribution in [1.82, 2.24) is 19.8 Å². The first-order valence-corrected chi connectivity index (χ1v) is 11.6. The van der Waals surface area contributed by atoms with Crippen molar-refractivity contribution in [3.8, 4) is 11.4 Å². The van der Waals surface area contributed by atoms with Crippen molar-refractivity contribution < 1.29 is 13.6 Å². The molecule has 1 amide bonds. The van der Waals surface area contributed by atoms with E-state index < -0.39 is 0 Å². The third-order valence-corrected chi connectivity index (χ3v) is 6.73. The van der Waals surface area contributed by atoms with E-state index in [2.05, 4.69) is 15.3 Å². The molecule has 0 fully saturated rings. The zero-order valence-electron chi connectivity index (χ0n) is 17.9. The zero-order valence-corrected chi connectivity index (χ0v) is 19.5. The second-order valence-corrected chi connectivity index (χ2v) is 8.95. The van der Waals surface area contributed by atoms with E-state index in [0.29, 0.717) is 28.2 Å². The average molecular weight is 482 g/mol. The van der Waals surface area contributed by atoms with Crippen LogP contribution in [0.25, 0.3) is 11.4 Å². The monoisotopic (exact) mass is 481 g/mol. The van der Waals surface area contributed by atoms with E-state index in [9.17, 15) is 4.79 Å². The number of hydrogen-bond donors (Lipinski definition) is 0. The first-order valence-electron chi connectivity index (χ1n) is 10.3. The van der Waals surface area contributed by atoms with E-state index in [1.807, 2.05) is 61.0 Å². The van der Waals surface area contributed by atoms with Crippen LogP contribution in [0, 0.1) is 6.92 Å². The number of carbonyl (C=O) groups is 1. The summed E-state index contributed by atoms with van der Waals surface area (Å²) in [5.41, 5.74) is 2.60. The van der Waals surface area contributed by atoms with E-state index >= 15 is 0 Å². The summed E-state index contributed by atoms with van der Waals surface area (Å²) in [4.78, 5) is 13.2. The summed E-state index contributed by atoms with van der Waals surface area (Å²) in [5.74, 6) is 2.16. The molecular weight excluding hydrogens is 462 g/mol. The number of aryl methyl sites for hydroxylation is 1. The Bertz CT molecular complexity index is 1310. The number of carbonyl (C=O) groups excluding carboxylic acids is 1. The highest BCUT2D eigenvalue weighted by Crippen LogP contribution is 2.34. The molecule has 8 nitrogen and oxygen atoms in total. The molecule has 1 aromatic carbocycles. The van der Waals surface area contributed by atoms with E-state index in [1.165, 1.54) is 16.8 Å². The molecule has 0 saturated carbocycles. The first-order chi connectivity index (χ1) is 16.0. The van der Waals surface area contributed by atoms with Gasteiger partial charge in [-0.2, -0.15) is 5.10 Å². The predicted octanol–water partition coefficient (Wildman–Crippen LogP) is 5.10. The second-order valence-electron chi connectivity index (χ2n) is 7.57. The number of rotatable bonds is 6. The highest BCUT2D eigenvalue weighted by molar-refractivity contribution is 7.99. The van der Waals surface area contributed by atoms with E-state index in [4.69, 9.17) is 20.4 Å². The fourth-order valence-electron chi connectivity index (χ4n) is 3.74. The van der Waals surface area contributed by atoms with Gasteiger partial charge in [-0.15, -0.1) is 10.2 Å². The minimum absolute atomic E-state index is 0.144. The number of hydrazone groups is 1. The molecule has 0 radical (unpaired) electrons. The Balaban J connectivity index is 1.35. The third kappa shape index (κ3) is 4.21. The summed E-state index contributed by atoms with van der Waals surface area (Å²) in [6.45, 7) is 1.87. The average Bonchev–Trinajstić information content (AvgIpc) is 3.60. The van der Waals surface area contributed by atoms with E-state index in [-0.39, 0.29) is 17.7 Å². The molecule has 0 spiro atoms. The maximum absolute atomic E-state index is 13.2. The van der Waals surface area contributed by atoms with Crippen molar-refractivity contribution in [1.29, 1.82) is 0 Å². The van der Waals surface area contributed by atoms with Crippen LogP contribution in [-0.4, -0.2) is 37.1 Å². The van der Waals surface area contributed by atoms with Gasteiger partial charge in [0, 0.05) is 18.5 Å². The number of hydrogen-bond acceptors (Lipinski definition) is 7. The van der Waals surface area contributed by atoms with Gasteiger partial charge in [-0.3, -0.25) is 4.79 Å². The largest absolute Gasteiger partial charge is 0.469 e. The Kier molecular flexibility index (Phi) is 5.82. The summed E-state index contributed by atoms with van der Waals surface area (Å²) in [7, 11) is 1.87. The summed E-state index contributed by atoms with van der Waals surface area (Å²) in [5, 5.41) is 15.9. The first kappa shape index (κ1) is 21.5. The van der Waals surface area contributed by atoms with Crippen LogP contribution in [0.5, 0.6) is 0 Å². The molecule has 0 aliphatic carbocycles. The molecule has 4 aromatic rings. The maximum atomic E-state index is 13.2. The van der Waals surface area contributed by atoms with Crippen molar-refractivity contribution in [2.24, 2.45) is 12.1 Å². The normalized spacial score (nSPS) is 15.8. The van der Waals surface area contributed by atoms with Gasteiger partial charge in [0.2, 0.25) is 0 Å². The van der Waals surface area contributed by atoms with Crippen LogP contribution in [0.2, 0.25) is 5.02 Å². The Morgan fingerprint density at radius 3 is 2.67 bits per heavy atom. The lowest BCUT2D eigenvalue weighted by Gasteiger charge is -2.19. The molecule has 5 rings (SSSR count). The van der Waals surface area contributed by atoms with Crippen molar-refractivity contribution >= 4 is 35.0 Å².